The molecule has 5 rings (SSSR count). The topological polar surface area (TPSA) is 79.3 Å². The van der Waals surface area contributed by atoms with Gasteiger partial charge < -0.3 is 15.2 Å². The van der Waals surface area contributed by atoms with Gasteiger partial charge in [0.2, 0.25) is 5.91 Å². The molecule has 1 saturated heterocycles. The van der Waals surface area contributed by atoms with Crippen molar-refractivity contribution in [3.63, 3.8) is 0 Å². The fourth-order valence-corrected chi connectivity index (χ4v) is 6.04. The maximum Gasteiger partial charge on any atom is 0.260 e. The lowest BCUT2D eigenvalue weighted by atomic mass is 9.95. The molecule has 1 amide bonds. The van der Waals surface area contributed by atoms with E-state index in [1.54, 1.807) is 11.3 Å². The monoisotopic (exact) mass is 423 g/mol. The number of likely N-dealkylation sites (tertiary alicyclic amines) is 1. The summed E-state index contributed by atoms with van der Waals surface area (Å²) in [6.45, 7) is 2.53. The number of aryl methyl sites for hydroxylation is 2. The molecule has 30 heavy (non-hydrogen) atoms. The van der Waals surface area contributed by atoms with E-state index in [-0.39, 0.29) is 17.4 Å². The molecule has 156 valence electrons. The Balaban J connectivity index is 1.23. The van der Waals surface area contributed by atoms with E-state index in [1.807, 2.05) is 30.3 Å². The van der Waals surface area contributed by atoms with Gasteiger partial charge in [0, 0.05) is 29.3 Å². The van der Waals surface area contributed by atoms with E-state index in [4.69, 9.17) is 4.98 Å². The summed E-state index contributed by atoms with van der Waals surface area (Å²) in [5.74, 6) is 0.929. The number of para-hydroxylation sites is 1. The summed E-state index contributed by atoms with van der Waals surface area (Å²) in [6, 6.07) is 9.63. The van der Waals surface area contributed by atoms with Crippen LogP contribution in [0.15, 0.2) is 35.1 Å². The van der Waals surface area contributed by atoms with E-state index in [1.165, 1.54) is 21.8 Å². The van der Waals surface area contributed by atoms with Crippen molar-refractivity contribution in [3.05, 3.63) is 57.0 Å². The number of carbonyl (C=O) groups excluding carboxylic acids is 1. The van der Waals surface area contributed by atoms with E-state index in [2.05, 4.69) is 10.3 Å². The number of benzene rings is 1. The Hall–Kier alpha value is -2.51. The summed E-state index contributed by atoms with van der Waals surface area (Å²) >= 11 is 1.70. The van der Waals surface area contributed by atoms with Crippen molar-refractivity contribution in [2.75, 3.05) is 18.4 Å². The Morgan fingerprint density at radius 1 is 1.17 bits per heavy atom. The van der Waals surface area contributed by atoms with Gasteiger partial charge in [0.1, 0.15) is 11.4 Å². The quantitative estimate of drug-likeness (QED) is 0.603. The Bertz CT molecular complexity index is 1110. The van der Waals surface area contributed by atoms with E-state index in [0.717, 1.165) is 66.9 Å². The van der Waals surface area contributed by atoms with Crippen molar-refractivity contribution < 1.29 is 9.69 Å². The van der Waals surface area contributed by atoms with Crippen LogP contribution in [0.5, 0.6) is 0 Å². The Morgan fingerprint density at radius 3 is 2.73 bits per heavy atom. The number of rotatable bonds is 4. The van der Waals surface area contributed by atoms with Crippen molar-refractivity contribution in [2.45, 2.75) is 45.1 Å². The van der Waals surface area contributed by atoms with Gasteiger partial charge in [0.05, 0.1) is 18.5 Å². The van der Waals surface area contributed by atoms with Gasteiger partial charge >= 0.3 is 0 Å². The first kappa shape index (κ1) is 19.5. The first-order valence-corrected chi connectivity index (χ1v) is 11.7. The molecule has 3 N–H and O–H groups in total. The molecule has 0 radical (unpaired) electrons. The number of anilines is 1. The minimum Gasteiger partial charge on any atom is -0.329 e. The van der Waals surface area contributed by atoms with Crippen LogP contribution in [0.25, 0.3) is 10.2 Å². The van der Waals surface area contributed by atoms with Gasteiger partial charge in [-0.2, -0.15) is 0 Å². The molecule has 3 heterocycles. The summed E-state index contributed by atoms with van der Waals surface area (Å²) in [6.07, 6.45) is 6.16. The summed E-state index contributed by atoms with van der Waals surface area (Å²) in [4.78, 5) is 36.8. The third-order valence-electron chi connectivity index (χ3n) is 6.40. The molecule has 1 fully saturated rings. The Morgan fingerprint density at radius 2 is 1.93 bits per heavy atom. The van der Waals surface area contributed by atoms with Crippen molar-refractivity contribution in [1.82, 2.24) is 9.97 Å². The SMILES string of the molecule is O=C(Nc1ccccc1)C1CC[NH+](Cc2nc3sc4c(c3c(=O)[nH]2)CCCC4)CC1. The highest BCUT2D eigenvalue weighted by Gasteiger charge is 2.28. The molecule has 2 aliphatic rings. The van der Waals surface area contributed by atoms with E-state index in [0.29, 0.717) is 6.54 Å². The van der Waals surface area contributed by atoms with Crippen LogP contribution in [0.3, 0.4) is 0 Å². The molecular formula is C23H27N4O2S+. The van der Waals surface area contributed by atoms with Gasteiger partial charge in [-0.1, -0.05) is 18.2 Å². The second-order valence-electron chi connectivity index (χ2n) is 8.46. The number of nitrogens with zero attached hydrogens (tertiary/aromatic N) is 1. The number of hydrogen-bond acceptors (Lipinski definition) is 4. The Kier molecular flexibility index (Phi) is 5.39. The maximum atomic E-state index is 12.7. The summed E-state index contributed by atoms with van der Waals surface area (Å²) in [5.41, 5.74) is 2.11. The van der Waals surface area contributed by atoms with Gasteiger partial charge in [0.15, 0.2) is 5.82 Å². The van der Waals surface area contributed by atoms with Gasteiger partial charge in [-0.25, -0.2) is 4.98 Å². The highest BCUT2D eigenvalue weighted by atomic mass is 32.1. The van der Waals surface area contributed by atoms with E-state index >= 15 is 0 Å². The number of carbonyl (C=O) groups is 1. The van der Waals surface area contributed by atoms with Crippen molar-refractivity contribution in [3.8, 4) is 0 Å². The fourth-order valence-electron chi connectivity index (χ4n) is 4.76. The van der Waals surface area contributed by atoms with Crippen LogP contribution in [0.4, 0.5) is 5.69 Å². The van der Waals surface area contributed by atoms with Crippen LogP contribution in [-0.4, -0.2) is 29.0 Å². The van der Waals surface area contributed by atoms with Gasteiger partial charge in [-0.15, -0.1) is 11.3 Å². The van der Waals surface area contributed by atoms with E-state index in [9.17, 15) is 9.59 Å². The first-order valence-electron chi connectivity index (χ1n) is 10.9. The largest absolute Gasteiger partial charge is 0.329 e. The smallest absolute Gasteiger partial charge is 0.260 e. The number of H-pyrrole nitrogens is 1. The number of nitrogens with one attached hydrogen (secondary N) is 3. The van der Waals surface area contributed by atoms with Crippen LogP contribution in [-0.2, 0) is 24.2 Å². The lowest BCUT2D eigenvalue weighted by Gasteiger charge is -2.28. The third kappa shape index (κ3) is 3.91. The first-order chi connectivity index (χ1) is 14.7. The lowest BCUT2D eigenvalue weighted by molar-refractivity contribution is -0.920. The molecule has 0 bridgehead atoms. The van der Waals surface area contributed by atoms with Crippen molar-refractivity contribution in [1.29, 1.82) is 0 Å². The summed E-state index contributed by atoms with van der Waals surface area (Å²) < 4.78 is 0. The van der Waals surface area contributed by atoms with Crippen LogP contribution >= 0.6 is 11.3 Å². The second kappa shape index (κ2) is 8.32. The average Bonchev–Trinajstić information content (AvgIpc) is 3.14. The molecule has 0 unspecified atom stereocenters. The zero-order valence-corrected chi connectivity index (χ0v) is 17.8. The second-order valence-corrected chi connectivity index (χ2v) is 9.54. The molecule has 0 atom stereocenters. The summed E-state index contributed by atoms with van der Waals surface area (Å²) in [5, 5.41) is 3.84. The van der Waals surface area contributed by atoms with Crippen molar-refractivity contribution in [2.24, 2.45) is 5.92 Å². The zero-order chi connectivity index (χ0) is 20.5. The van der Waals surface area contributed by atoms with E-state index < -0.39 is 0 Å². The number of hydrogen-bond donors (Lipinski definition) is 3. The number of piperidine rings is 1. The third-order valence-corrected chi connectivity index (χ3v) is 7.58. The van der Waals surface area contributed by atoms with Gasteiger partial charge in [0.25, 0.3) is 5.56 Å². The maximum absolute atomic E-state index is 12.7. The van der Waals surface area contributed by atoms with Gasteiger partial charge in [-0.05, 0) is 43.4 Å². The lowest BCUT2D eigenvalue weighted by Crippen LogP contribution is -3.12. The number of amides is 1. The molecule has 1 aliphatic heterocycles. The normalized spacial score (nSPS) is 21.3. The minimum absolute atomic E-state index is 0.0194. The number of thiophene rings is 1. The molecule has 7 heteroatoms. The van der Waals surface area contributed by atoms with Crippen LogP contribution in [0.1, 0.15) is 41.9 Å². The highest BCUT2D eigenvalue weighted by Crippen LogP contribution is 2.33. The zero-order valence-electron chi connectivity index (χ0n) is 17.0. The number of quaternary nitrogens is 1. The standard InChI is InChI=1S/C23H26N4O2S/c28-21(24-16-6-2-1-3-7-16)15-10-12-27(13-11-15)14-19-25-22(29)20-17-8-4-5-9-18(17)30-23(20)26-19/h1-3,6-7,15H,4-5,8-14H2,(H,24,28)(H,25,26,29)/p+1. The fraction of sp³-hybridized carbons (Fsp3) is 0.435. The number of fused-ring (bicyclic) bond motifs is 3. The molecule has 2 aromatic heterocycles. The Labute approximate surface area is 179 Å². The van der Waals surface area contributed by atoms with Crippen LogP contribution < -0.4 is 15.8 Å². The highest BCUT2D eigenvalue weighted by molar-refractivity contribution is 7.18. The number of aromatic nitrogens is 2. The molecule has 1 aromatic carbocycles. The van der Waals surface area contributed by atoms with Crippen LogP contribution in [0.2, 0.25) is 0 Å². The average molecular weight is 424 g/mol. The van der Waals surface area contributed by atoms with Crippen molar-refractivity contribution >= 4 is 33.1 Å². The minimum atomic E-state index is 0.0194. The predicted molar refractivity (Wildman–Crippen MR) is 119 cm³/mol. The number of aromatic amines is 1. The molecule has 0 saturated carbocycles. The molecule has 1 aliphatic carbocycles. The predicted octanol–water partition coefficient (Wildman–Crippen LogP) is 2.30. The molecular weight excluding hydrogens is 396 g/mol. The summed E-state index contributed by atoms with van der Waals surface area (Å²) in [7, 11) is 0. The molecule has 6 nitrogen and oxygen atoms in total. The molecule has 0 spiro atoms. The van der Waals surface area contributed by atoms with Gasteiger partial charge in [-0.3, -0.25) is 9.59 Å². The molecule has 3 aromatic rings. The van der Waals surface area contributed by atoms with Crippen LogP contribution in [0, 0.1) is 5.92 Å².